The Morgan fingerprint density at radius 1 is 1.03 bits per heavy atom. The summed E-state index contributed by atoms with van der Waals surface area (Å²) in [5.41, 5.74) is 3.87. The van der Waals surface area contributed by atoms with Gasteiger partial charge in [-0.15, -0.1) is 0 Å². The van der Waals surface area contributed by atoms with Gasteiger partial charge in [0.05, 0.1) is 23.6 Å². The third-order valence-corrected chi connectivity index (χ3v) is 6.21. The number of nitrogens with zero attached hydrogens (tertiary/aromatic N) is 1. The molecule has 5 rings (SSSR count). The Balaban J connectivity index is 1.76. The molecule has 0 fully saturated rings. The van der Waals surface area contributed by atoms with Gasteiger partial charge in [0.1, 0.15) is 5.58 Å². The smallest absolute Gasteiger partial charge is 0.291 e. The first-order valence-electron chi connectivity index (χ1n) is 11.3. The van der Waals surface area contributed by atoms with Crippen LogP contribution >= 0.6 is 0 Å². The van der Waals surface area contributed by atoms with E-state index in [-0.39, 0.29) is 22.8 Å². The van der Waals surface area contributed by atoms with Crippen LogP contribution in [-0.2, 0) is 6.54 Å². The molecule has 6 heteroatoms. The Labute approximate surface area is 197 Å². The molecule has 1 unspecified atom stereocenters. The van der Waals surface area contributed by atoms with Crippen molar-refractivity contribution in [3.8, 4) is 11.5 Å². The van der Waals surface area contributed by atoms with E-state index in [4.69, 9.17) is 9.15 Å². The number of aromatic hydroxyl groups is 1. The topological polar surface area (TPSA) is 80.0 Å². The van der Waals surface area contributed by atoms with E-state index in [1.54, 1.807) is 23.1 Å². The minimum Gasteiger partial charge on any atom is -0.504 e. The lowest BCUT2D eigenvalue weighted by Gasteiger charge is -2.25. The molecule has 0 aliphatic carbocycles. The number of aryl methyl sites for hydroxylation is 2. The Hall–Kier alpha value is -4.06. The molecule has 4 aromatic rings. The van der Waals surface area contributed by atoms with Gasteiger partial charge in [-0.05, 0) is 61.2 Å². The van der Waals surface area contributed by atoms with E-state index >= 15 is 0 Å². The highest BCUT2D eigenvalue weighted by molar-refractivity contribution is 5.99. The highest BCUT2D eigenvalue weighted by Gasteiger charge is 2.43. The second-order valence-corrected chi connectivity index (χ2v) is 8.61. The number of ether oxygens (including phenoxy) is 1. The van der Waals surface area contributed by atoms with Crippen LogP contribution in [0.1, 0.15) is 51.3 Å². The van der Waals surface area contributed by atoms with Gasteiger partial charge in [0.15, 0.2) is 16.9 Å². The normalized spacial score (nSPS) is 15.1. The van der Waals surface area contributed by atoms with Crippen molar-refractivity contribution < 1.29 is 19.1 Å². The molecule has 2 heterocycles. The highest BCUT2D eigenvalue weighted by atomic mass is 16.5. The largest absolute Gasteiger partial charge is 0.504 e. The van der Waals surface area contributed by atoms with Crippen LogP contribution in [0.25, 0.3) is 11.0 Å². The molecule has 0 radical (unpaired) electrons. The SMILES string of the molecule is CCOc1cc(C2c3c(oc4cc(C)cc(C)c4c3=O)C(=O)N2Cc2ccccc2)ccc1O. The van der Waals surface area contributed by atoms with Crippen LogP contribution in [0, 0.1) is 13.8 Å². The van der Waals surface area contributed by atoms with E-state index in [2.05, 4.69) is 0 Å². The minimum atomic E-state index is -0.677. The predicted octanol–water partition coefficient (Wildman–Crippen LogP) is 5.26. The number of rotatable bonds is 5. The molecular weight excluding hydrogens is 430 g/mol. The molecule has 0 spiro atoms. The molecule has 6 nitrogen and oxygen atoms in total. The maximum Gasteiger partial charge on any atom is 0.291 e. The molecule has 3 aromatic carbocycles. The lowest BCUT2D eigenvalue weighted by molar-refractivity contribution is 0.0714. The first-order valence-corrected chi connectivity index (χ1v) is 11.3. The average Bonchev–Trinajstić information content (AvgIpc) is 3.07. The second-order valence-electron chi connectivity index (χ2n) is 8.61. The predicted molar refractivity (Wildman–Crippen MR) is 129 cm³/mol. The maximum absolute atomic E-state index is 13.8. The van der Waals surface area contributed by atoms with Crippen LogP contribution in [0.4, 0.5) is 0 Å². The molecule has 0 bridgehead atoms. The molecule has 1 aliphatic heterocycles. The minimum absolute atomic E-state index is 0.00150. The Kier molecular flexibility index (Phi) is 5.36. The number of hydrogen-bond acceptors (Lipinski definition) is 5. The summed E-state index contributed by atoms with van der Waals surface area (Å²) in [7, 11) is 0. The zero-order valence-electron chi connectivity index (χ0n) is 19.3. The third kappa shape index (κ3) is 3.52. The zero-order valence-corrected chi connectivity index (χ0v) is 19.3. The average molecular weight is 456 g/mol. The summed E-state index contributed by atoms with van der Waals surface area (Å²) in [5.74, 6) is 0.0293. The van der Waals surface area contributed by atoms with E-state index in [1.807, 2.05) is 57.2 Å². The van der Waals surface area contributed by atoms with Gasteiger partial charge in [-0.2, -0.15) is 0 Å². The van der Waals surface area contributed by atoms with E-state index in [0.29, 0.717) is 41.0 Å². The van der Waals surface area contributed by atoms with E-state index in [9.17, 15) is 14.7 Å². The molecule has 1 N–H and O–H groups in total. The zero-order chi connectivity index (χ0) is 24.0. The summed E-state index contributed by atoms with van der Waals surface area (Å²) < 4.78 is 11.7. The fourth-order valence-electron chi connectivity index (χ4n) is 4.78. The van der Waals surface area contributed by atoms with Crippen molar-refractivity contribution in [1.82, 2.24) is 4.90 Å². The Bertz CT molecular complexity index is 1470. The van der Waals surface area contributed by atoms with Crippen LogP contribution in [0.15, 0.2) is 69.9 Å². The van der Waals surface area contributed by atoms with Crippen molar-refractivity contribution in [2.75, 3.05) is 6.61 Å². The molecule has 1 aliphatic rings. The van der Waals surface area contributed by atoms with Crippen molar-refractivity contribution in [3.63, 3.8) is 0 Å². The van der Waals surface area contributed by atoms with Crippen molar-refractivity contribution in [1.29, 1.82) is 0 Å². The fourth-order valence-corrected chi connectivity index (χ4v) is 4.78. The van der Waals surface area contributed by atoms with Crippen molar-refractivity contribution in [3.05, 3.63) is 104 Å². The van der Waals surface area contributed by atoms with Crippen LogP contribution in [-0.4, -0.2) is 22.5 Å². The highest BCUT2D eigenvalue weighted by Crippen LogP contribution is 2.41. The van der Waals surface area contributed by atoms with Gasteiger partial charge in [-0.25, -0.2) is 0 Å². The fraction of sp³-hybridized carbons (Fsp3) is 0.214. The number of phenols is 1. The lowest BCUT2D eigenvalue weighted by Crippen LogP contribution is -2.29. The number of phenolic OH excluding ortho intramolecular Hbond substituents is 1. The van der Waals surface area contributed by atoms with Crippen molar-refractivity contribution in [2.45, 2.75) is 33.4 Å². The number of carbonyl (C=O) groups excluding carboxylic acids is 1. The molecule has 0 saturated heterocycles. The monoisotopic (exact) mass is 455 g/mol. The number of fused-ring (bicyclic) bond motifs is 2. The van der Waals surface area contributed by atoms with E-state index in [1.165, 1.54) is 6.07 Å². The second kappa shape index (κ2) is 8.37. The van der Waals surface area contributed by atoms with Gasteiger partial charge in [0, 0.05) is 6.54 Å². The van der Waals surface area contributed by atoms with Crippen molar-refractivity contribution in [2.24, 2.45) is 0 Å². The first-order chi connectivity index (χ1) is 16.4. The van der Waals surface area contributed by atoms with Crippen LogP contribution in [0.3, 0.4) is 0 Å². The molecule has 0 saturated carbocycles. The van der Waals surface area contributed by atoms with Gasteiger partial charge >= 0.3 is 0 Å². The van der Waals surface area contributed by atoms with Gasteiger partial charge < -0.3 is 19.2 Å². The van der Waals surface area contributed by atoms with Gasteiger partial charge in [0.25, 0.3) is 5.91 Å². The van der Waals surface area contributed by atoms with Gasteiger partial charge in [-0.3, -0.25) is 9.59 Å². The van der Waals surface area contributed by atoms with E-state index in [0.717, 1.165) is 16.7 Å². The molecule has 1 aromatic heterocycles. The van der Waals surface area contributed by atoms with Gasteiger partial charge in [0.2, 0.25) is 5.76 Å². The molecule has 1 atom stereocenters. The van der Waals surface area contributed by atoms with E-state index < -0.39 is 6.04 Å². The molecule has 172 valence electrons. The first kappa shape index (κ1) is 21.8. The number of hydrogen-bond donors (Lipinski definition) is 1. The third-order valence-electron chi connectivity index (χ3n) is 6.21. The van der Waals surface area contributed by atoms with Crippen molar-refractivity contribution >= 4 is 16.9 Å². The van der Waals surface area contributed by atoms with Crippen LogP contribution < -0.4 is 10.2 Å². The number of carbonyl (C=O) groups is 1. The number of amides is 1. The maximum atomic E-state index is 13.8. The summed E-state index contributed by atoms with van der Waals surface area (Å²) >= 11 is 0. The lowest BCUT2D eigenvalue weighted by atomic mass is 9.96. The number of benzene rings is 3. The van der Waals surface area contributed by atoms with Crippen LogP contribution in [0.2, 0.25) is 0 Å². The summed E-state index contributed by atoms with van der Waals surface area (Å²) in [5, 5.41) is 10.7. The molecular formula is C28H25NO5. The summed E-state index contributed by atoms with van der Waals surface area (Å²) in [4.78, 5) is 29.1. The van der Waals surface area contributed by atoms with Crippen LogP contribution in [0.5, 0.6) is 11.5 Å². The standard InChI is InChI=1S/C28H25NO5/c1-4-33-21-14-19(10-11-20(21)30)25-24-26(31)23-17(3)12-16(2)13-22(23)34-27(24)28(32)29(25)15-18-8-6-5-7-9-18/h5-14,25,30H,4,15H2,1-3H3. The molecule has 34 heavy (non-hydrogen) atoms. The van der Waals surface area contributed by atoms with Gasteiger partial charge in [-0.1, -0.05) is 42.5 Å². The summed E-state index contributed by atoms with van der Waals surface area (Å²) in [6.07, 6.45) is 0. The summed E-state index contributed by atoms with van der Waals surface area (Å²) in [6.45, 7) is 6.30. The molecule has 1 amide bonds. The Morgan fingerprint density at radius 3 is 2.53 bits per heavy atom. The quantitative estimate of drug-likeness (QED) is 0.444. The summed E-state index contributed by atoms with van der Waals surface area (Å²) in [6, 6.07) is 17.6. The Morgan fingerprint density at radius 2 is 1.79 bits per heavy atom.